The lowest BCUT2D eigenvalue weighted by Gasteiger charge is -2.31. The first kappa shape index (κ1) is 17.0. The van der Waals surface area contributed by atoms with E-state index in [-0.39, 0.29) is 0 Å². The molecule has 1 aliphatic rings. The maximum atomic E-state index is 5.96. The Morgan fingerprint density at radius 2 is 1.83 bits per heavy atom. The van der Waals surface area contributed by atoms with Crippen molar-refractivity contribution in [1.29, 1.82) is 0 Å². The largest absolute Gasteiger partial charge is 0.477 e. The van der Waals surface area contributed by atoms with Crippen LogP contribution in [0.3, 0.4) is 0 Å². The molecular formula is C17H23N5OS. The number of aromatic nitrogens is 4. The fraction of sp³-hybridized carbons (Fsp3) is 0.529. The molecule has 24 heavy (non-hydrogen) atoms. The van der Waals surface area contributed by atoms with E-state index in [1.807, 2.05) is 38.7 Å². The first-order valence-corrected chi connectivity index (χ1v) is 9.42. The van der Waals surface area contributed by atoms with E-state index in [1.165, 1.54) is 11.8 Å². The Hall–Kier alpha value is -1.89. The number of piperidine rings is 1. The molecule has 0 amide bonds. The molecule has 0 aliphatic carbocycles. The minimum atomic E-state index is 0.541. The van der Waals surface area contributed by atoms with Crippen LogP contribution in [0.25, 0.3) is 0 Å². The topological polar surface area (TPSA) is 64.0 Å². The number of aryl methyl sites for hydroxylation is 2. The lowest BCUT2D eigenvalue weighted by molar-refractivity contribution is 0.213. The van der Waals surface area contributed by atoms with E-state index in [4.69, 9.17) is 4.74 Å². The molecule has 0 spiro atoms. The van der Waals surface area contributed by atoms with Crippen molar-refractivity contribution in [2.75, 3.05) is 30.9 Å². The van der Waals surface area contributed by atoms with Crippen molar-refractivity contribution in [3.8, 4) is 5.88 Å². The van der Waals surface area contributed by atoms with E-state index in [0.717, 1.165) is 48.2 Å². The molecule has 0 aromatic carbocycles. The molecule has 2 aromatic heterocycles. The maximum absolute atomic E-state index is 5.96. The van der Waals surface area contributed by atoms with Gasteiger partial charge in [-0.05, 0) is 44.4 Å². The van der Waals surface area contributed by atoms with Gasteiger partial charge in [0.05, 0.1) is 6.61 Å². The highest BCUT2D eigenvalue weighted by molar-refractivity contribution is 7.98. The van der Waals surface area contributed by atoms with E-state index < -0.39 is 0 Å². The number of ether oxygens (including phenoxy) is 1. The van der Waals surface area contributed by atoms with Gasteiger partial charge in [-0.3, -0.25) is 0 Å². The van der Waals surface area contributed by atoms with E-state index in [9.17, 15) is 0 Å². The highest BCUT2D eigenvalue weighted by atomic mass is 32.2. The van der Waals surface area contributed by atoms with Crippen LogP contribution < -0.4 is 9.64 Å². The first-order chi connectivity index (χ1) is 11.7. The molecule has 7 heteroatoms. The highest BCUT2D eigenvalue weighted by Gasteiger charge is 2.21. The molecule has 0 radical (unpaired) electrons. The van der Waals surface area contributed by atoms with Crippen LogP contribution in [-0.4, -0.2) is 45.9 Å². The second-order valence-electron chi connectivity index (χ2n) is 6.15. The summed E-state index contributed by atoms with van der Waals surface area (Å²) in [6.45, 7) is 6.63. The average molecular weight is 345 g/mol. The zero-order valence-corrected chi connectivity index (χ0v) is 15.2. The molecule has 0 saturated carbocycles. The number of anilines is 1. The third-order valence-corrected chi connectivity index (χ3v) is 4.77. The van der Waals surface area contributed by atoms with Crippen LogP contribution >= 0.6 is 11.8 Å². The van der Waals surface area contributed by atoms with Crippen molar-refractivity contribution in [3.63, 3.8) is 0 Å². The Kier molecular flexibility index (Phi) is 5.50. The van der Waals surface area contributed by atoms with Gasteiger partial charge in [-0.1, -0.05) is 11.8 Å². The molecule has 6 nitrogen and oxygen atoms in total. The van der Waals surface area contributed by atoms with Crippen molar-refractivity contribution in [2.45, 2.75) is 31.8 Å². The third-order valence-electron chi connectivity index (χ3n) is 4.21. The van der Waals surface area contributed by atoms with Crippen LogP contribution in [0.1, 0.15) is 24.0 Å². The molecule has 1 fully saturated rings. The molecule has 3 heterocycles. The lowest BCUT2D eigenvalue weighted by atomic mass is 9.98. The van der Waals surface area contributed by atoms with Gasteiger partial charge in [-0.25, -0.2) is 15.0 Å². The standard InChI is InChI=1S/C17H23N5OS/c1-12-8-18-16(19-9-12)22-6-4-14(5-7-22)11-23-15-13(2)10-20-17(21-15)24-3/h8-10,14H,4-7,11H2,1-3H3. The van der Waals surface area contributed by atoms with E-state index in [2.05, 4.69) is 24.8 Å². The van der Waals surface area contributed by atoms with E-state index in [1.54, 1.807) is 0 Å². The summed E-state index contributed by atoms with van der Waals surface area (Å²) in [5.74, 6) is 2.08. The Labute approximate surface area is 147 Å². The van der Waals surface area contributed by atoms with Gasteiger partial charge in [-0.2, -0.15) is 4.98 Å². The number of hydrogen-bond donors (Lipinski definition) is 0. The summed E-state index contributed by atoms with van der Waals surface area (Å²) in [6, 6.07) is 0. The van der Waals surface area contributed by atoms with Crippen molar-refractivity contribution < 1.29 is 4.74 Å². The van der Waals surface area contributed by atoms with E-state index in [0.29, 0.717) is 18.4 Å². The molecule has 128 valence electrons. The van der Waals surface area contributed by atoms with Crippen LogP contribution in [0.15, 0.2) is 23.7 Å². The molecule has 2 aromatic rings. The van der Waals surface area contributed by atoms with Gasteiger partial charge in [0, 0.05) is 37.2 Å². The van der Waals surface area contributed by atoms with Gasteiger partial charge < -0.3 is 9.64 Å². The fourth-order valence-electron chi connectivity index (χ4n) is 2.70. The van der Waals surface area contributed by atoms with Crippen molar-refractivity contribution >= 4 is 17.7 Å². The van der Waals surface area contributed by atoms with Crippen LogP contribution in [0.2, 0.25) is 0 Å². The average Bonchev–Trinajstić information content (AvgIpc) is 2.62. The number of nitrogens with zero attached hydrogens (tertiary/aromatic N) is 5. The smallest absolute Gasteiger partial charge is 0.225 e. The summed E-state index contributed by atoms with van der Waals surface area (Å²) >= 11 is 1.53. The summed E-state index contributed by atoms with van der Waals surface area (Å²) in [7, 11) is 0. The molecule has 0 bridgehead atoms. The van der Waals surface area contributed by atoms with Crippen LogP contribution in [-0.2, 0) is 0 Å². The second kappa shape index (κ2) is 7.79. The molecule has 0 atom stereocenters. The monoisotopic (exact) mass is 345 g/mol. The quantitative estimate of drug-likeness (QED) is 0.610. The number of thioether (sulfide) groups is 1. The molecule has 0 unspecified atom stereocenters. The summed E-state index contributed by atoms with van der Waals surface area (Å²) in [6.07, 6.45) is 9.70. The fourth-order valence-corrected chi connectivity index (χ4v) is 3.03. The van der Waals surface area contributed by atoms with Gasteiger partial charge in [0.15, 0.2) is 5.16 Å². The van der Waals surface area contributed by atoms with Gasteiger partial charge in [0.2, 0.25) is 11.8 Å². The molecule has 0 N–H and O–H groups in total. The maximum Gasteiger partial charge on any atom is 0.225 e. The summed E-state index contributed by atoms with van der Waals surface area (Å²) in [4.78, 5) is 19.8. The van der Waals surface area contributed by atoms with Gasteiger partial charge in [0.1, 0.15) is 0 Å². The predicted molar refractivity (Wildman–Crippen MR) is 95.8 cm³/mol. The van der Waals surface area contributed by atoms with E-state index >= 15 is 0 Å². The predicted octanol–water partition coefficient (Wildman–Crippen LogP) is 2.90. The van der Waals surface area contributed by atoms with Crippen molar-refractivity contribution in [3.05, 3.63) is 29.7 Å². The van der Waals surface area contributed by atoms with Crippen molar-refractivity contribution in [2.24, 2.45) is 5.92 Å². The normalized spacial score (nSPS) is 15.5. The summed E-state index contributed by atoms with van der Waals surface area (Å²) in [5.41, 5.74) is 2.07. The first-order valence-electron chi connectivity index (χ1n) is 8.19. The Morgan fingerprint density at radius 1 is 1.12 bits per heavy atom. The van der Waals surface area contributed by atoms with Crippen LogP contribution in [0.5, 0.6) is 5.88 Å². The molecule has 1 aliphatic heterocycles. The Balaban J connectivity index is 1.51. The minimum Gasteiger partial charge on any atom is -0.477 e. The Morgan fingerprint density at radius 3 is 2.50 bits per heavy atom. The zero-order chi connectivity index (χ0) is 16.9. The number of rotatable bonds is 5. The van der Waals surface area contributed by atoms with Crippen molar-refractivity contribution in [1.82, 2.24) is 19.9 Å². The third kappa shape index (κ3) is 4.14. The minimum absolute atomic E-state index is 0.541. The van der Waals surface area contributed by atoms with Crippen LogP contribution in [0, 0.1) is 19.8 Å². The molecule has 3 rings (SSSR count). The van der Waals surface area contributed by atoms with Crippen LogP contribution in [0.4, 0.5) is 5.95 Å². The van der Waals surface area contributed by atoms with Gasteiger partial charge >= 0.3 is 0 Å². The lowest BCUT2D eigenvalue weighted by Crippen LogP contribution is -2.36. The summed E-state index contributed by atoms with van der Waals surface area (Å²) < 4.78 is 5.96. The zero-order valence-electron chi connectivity index (χ0n) is 14.4. The molecular weight excluding hydrogens is 322 g/mol. The Bertz CT molecular complexity index is 671. The second-order valence-corrected chi connectivity index (χ2v) is 6.92. The van der Waals surface area contributed by atoms with Gasteiger partial charge in [0.25, 0.3) is 0 Å². The molecule has 1 saturated heterocycles. The summed E-state index contributed by atoms with van der Waals surface area (Å²) in [5, 5.41) is 0.752. The van der Waals surface area contributed by atoms with Gasteiger partial charge in [-0.15, -0.1) is 0 Å². The SMILES string of the molecule is CSc1ncc(C)c(OCC2CCN(c3ncc(C)cn3)CC2)n1. The highest BCUT2D eigenvalue weighted by Crippen LogP contribution is 2.23. The number of hydrogen-bond acceptors (Lipinski definition) is 7.